The van der Waals surface area contributed by atoms with Crippen LogP contribution in [0.2, 0.25) is 0 Å². The van der Waals surface area contributed by atoms with Crippen LogP contribution < -0.4 is 5.32 Å². The lowest BCUT2D eigenvalue weighted by atomic mass is 10.1. The van der Waals surface area contributed by atoms with E-state index < -0.39 is 0 Å². The minimum absolute atomic E-state index is 0.119. The number of nitrogens with zero attached hydrogens (tertiary/aromatic N) is 3. The predicted molar refractivity (Wildman–Crippen MR) is 60.3 cm³/mol. The Hall–Kier alpha value is -1.22. The zero-order chi connectivity index (χ0) is 11.5. The smallest absolute Gasteiger partial charge is 0.220 e. The highest BCUT2D eigenvalue weighted by Crippen LogP contribution is 2.05. The van der Waals surface area contributed by atoms with E-state index in [1.165, 1.54) is 0 Å². The van der Waals surface area contributed by atoms with Gasteiger partial charge in [0, 0.05) is 24.4 Å². The molecule has 15 heavy (non-hydrogen) atoms. The first-order chi connectivity index (χ1) is 7.20. The summed E-state index contributed by atoms with van der Waals surface area (Å²) in [6.45, 7) is 5.34. The zero-order valence-electron chi connectivity index (χ0n) is 9.57. The van der Waals surface area contributed by atoms with Crippen LogP contribution in [0.5, 0.6) is 0 Å². The minimum Gasteiger partial charge on any atom is -0.356 e. The molecule has 86 valence electrons. The second-order valence-electron chi connectivity index (χ2n) is 3.73. The van der Waals surface area contributed by atoms with Crippen molar-refractivity contribution in [1.82, 2.24) is 5.32 Å². The first-order valence-electron chi connectivity index (χ1n) is 5.48. The molecule has 0 fully saturated rings. The third kappa shape index (κ3) is 9.09. The van der Waals surface area contributed by atoms with E-state index in [9.17, 15) is 4.79 Å². The number of nitrogens with one attached hydrogen (secondary N) is 1. The van der Waals surface area contributed by atoms with Crippen LogP contribution in [0.25, 0.3) is 10.4 Å². The lowest BCUT2D eigenvalue weighted by Crippen LogP contribution is -2.25. The Morgan fingerprint density at radius 3 is 2.87 bits per heavy atom. The summed E-state index contributed by atoms with van der Waals surface area (Å²) in [6, 6.07) is 0. The fourth-order valence-electron chi connectivity index (χ4n) is 1.11. The number of amides is 1. The minimum atomic E-state index is 0.119. The summed E-state index contributed by atoms with van der Waals surface area (Å²) in [6.07, 6.45) is 3.33. The SMILES string of the molecule is CCC(C)CC(=O)NCCCCN=[N+]=[N-]. The standard InChI is InChI=1S/C10H20N4O/c1-3-9(2)8-10(15)12-6-4-5-7-13-14-11/h9H,3-8H2,1-2H3,(H,12,15). The predicted octanol–water partition coefficient (Wildman–Crippen LogP) is 2.63. The molecule has 5 heteroatoms. The van der Waals surface area contributed by atoms with Gasteiger partial charge in [0.1, 0.15) is 0 Å². The van der Waals surface area contributed by atoms with Crippen molar-refractivity contribution in [3.05, 3.63) is 10.4 Å². The van der Waals surface area contributed by atoms with Crippen LogP contribution in [0, 0.1) is 5.92 Å². The average molecular weight is 212 g/mol. The molecule has 1 amide bonds. The first kappa shape index (κ1) is 13.8. The molecular formula is C10H20N4O. The fourth-order valence-corrected chi connectivity index (χ4v) is 1.11. The molecule has 5 nitrogen and oxygen atoms in total. The van der Waals surface area contributed by atoms with E-state index in [-0.39, 0.29) is 5.91 Å². The van der Waals surface area contributed by atoms with Gasteiger partial charge in [0.05, 0.1) is 0 Å². The summed E-state index contributed by atoms with van der Waals surface area (Å²) >= 11 is 0. The summed E-state index contributed by atoms with van der Waals surface area (Å²) in [4.78, 5) is 14.0. The Bertz CT molecular complexity index is 223. The number of azide groups is 1. The number of carbonyl (C=O) groups is 1. The maximum atomic E-state index is 11.3. The van der Waals surface area contributed by atoms with E-state index in [2.05, 4.69) is 29.2 Å². The van der Waals surface area contributed by atoms with Gasteiger partial charge in [-0.15, -0.1) is 0 Å². The number of carbonyl (C=O) groups excluding carboxylic acids is 1. The molecule has 0 aromatic heterocycles. The lowest BCUT2D eigenvalue weighted by molar-refractivity contribution is -0.121. The molecule has 0 rings (SSSR count). The Morgan fingerprint density at radius 2 is 2.27 bits per heavy atom. The van der Waals surface area contributed by atoms with E-state index >= 15 is 0 Å². The van der Waals surface area contributed by atoms with E-state index in [0.717, 1.165) is 19.3 Å². The van der Waals surface area contributed by atoms with Crippen molar-refractivity contribution in [2.24, 2.45) is 11.0 Å². The first-order valence-corrected chi connectivity index (χ1v) is 5.48. The molecule has 0 aliphatic rings. The molecule has 1 atom stereocenters. The third-order valence-electron chi connectivity index (χ3n) is 2.30. The quantitative estimate of drug-likeness (QED) is 0.285. The molecule has 0 spiro atoms. The van der Waals surface area contributed by atoms with Crippen LogP contribution in [0.1, 0.15) is 39.5 Å². The fraction of sp³-hybridized carbons (Fsp3) is 0.900. The van der Waals surface area contributed by atoms with Crippen LogP contribution in [-0.2, 0) is 4.79 Å². The molecule has 0 radical (unpaired) electrons. The molecule has 1 N–H and O–H groups in total. The van der Waals surface area contributed by atoms with Crippen molar-refractivity contribution in [2.75, 3.05) is 13.1 Å². The molecule has 1 unspecified atom stereocenters. The monoisotopic (exact) mass is 212 g/mol. The van der Waals surface area contributed by atoms with Gasteiger partial charge in [-0.2, -0.15) is 0 Å². The van der Waals surface area contributed by atoms with Gasteiger partial charge in [-0.05, 0) is 24.3 Å². The molecule has 0 saturated carbocycles. The van der Waals surface area contributed by atoms with Crippen LogP contribution in [0.4, 0.5) is 0 Å². The third-order valence-corrected chi connectivity index (χ3v) is 2.30. The highest BCUT2D eigenvalue weighted by molar-refractivity contribution is 5.76. The van der Waals surface area contributed by atoms with E-state index in [0.29, 0.717) is 25.4 Å². The van der Waals surface area contributed by atoms with Gasteiger partial charge in [0.25, 0.3) is 0 Å². The number of hydrogen-bond donors (Lipinski definition) is 1. The maximum absolute atomic E-state index is 11.3. The summed E-state index contributed by atoms with van der Waals surface area (Å²) < 4.78 is 0. The largest absolute Gasteiger partial charge is 0.356 e. The average Bonchev–Trinajstić information content (AvgIpc) is 2.23. The molecule has 0 bridgehead atoms. The summed E-state index contributed by atoms with van der Waals surface area (Å²) in [7, 11) is 0. The van der Waals surface area contributed by atoms with Gasteiger partial charge in [-0.25, -0.2) is 0 Å². The van der Waals surface area contributed by atoms with Crippen LogP contribution in [-0.4, -0.2) is 19.0 Å². The Morgan fingerprint density at radius 1 is 1.53 bits per heavy atom. The Labute approximate surface area is 90.9 Å². The zero-order valence-corrected chi connectivity index (χ0v) is 9.57. The van der Waals surface area contributed by atoms with E-state index in [4.69, 9.17) is 5.53 Å². The second-order valence-corrected chi connectivity index (χ2v) is 3.73. The number of rotatable bonds is 8. The van der Waals surface area contributed by atoms with Crippen molar-refractivity contribution in [3.8, 4) is 0 Å². The topological polar surface area (TPSA) is 77.9 Å². The van der Waals surface area contributed by atoms with Crippen LogP contribution >= 0.6 is 0 Å². The van der Waals surface area contributed by atoms with Crippen molar-refractivity contribution in [1.29, 1.82) is 0 Å². The molecule has 0 aromatic carbocycles. The van der Waals surface area contributed by atoms with Gasteiger partial charge in [-0.1, -0.05) is 25.4 Å². The van der Waals surface area contributed by atoms with Gasteiger partial charge in [0.15, 0.2) is 0 Å². The summed E-state index contributed by atoms with van der Waals surface area (Å²) in [5, 5.41) is 6.27. The lowest BCUT2D eigenvalue weighted by Gasteiger charge is -2.08. The van der Waals surface area contributed by atoms with Crippen molar-refractivity contribution in [3.63, 3.8) is 0 Å². The Balaban J connectivity index is 3.35. The van der Waals surface area contributed by atoms with Crippen molar-refractivity contribution in [2.45, 2.75) is 39.5 Å². The molecular weight excluding hydrogens is 192 g/mol. The van der Waals surface area contributed by atoms with Crippen molar-refractivity contribution < 1.29 is 4.79 Å². The van der Waals surface area contributed by atoms with Crippen molar-refractivity contribution >= 4 is 5.91 Å². The van der Waals surface area contributed by atoms with Gasteiger partial charge >= 0.3 is 0 Å². The van der Waals surface area contributed by atoms with Gasteiger partial charge < -0.3 is 5.32 Å². The second kappa shape index (κ2) is 9.34. The van der Waals surface area contributed by atoms with Crippen LogP contribution in [0.3, 0.4) is 0 Å². The number of hydrogen-bond acceptors (Lipinski definition) is 2. The maximum Gasteiger partial charge on any atom is 0.220 e. The summed E-state index contributed by atoms with van der Waals surface area (Å²) in [5.74, 6) is 0.571. The van der Waals surface area contributed by atoms with E-state index in [1.54, 1.807) is 0 Å². The highest BCUT2D eigenvalue weighted by Gasteiger charge is 2.05. The van der Waals surface area contributed by atoms with Crippen LogP contribution in [0.15, 0.2) is 5.11 Å². The molecule has 0 aliphatic heterocycles. The normalized spacial score (nSPS) is 11.6. The molecule has 0 aliphatic carbocycles. The molecule has 0 heterocycles. The number of unbranched alkanes of at least 4 members (excludes halogenated alkanes) is 1. The molecule has 0 saturated heterocycles. The Kier molecular flexibility index (Phi) is 8.58. The van der Waals surface area contributed by atoms with E-state index in [1.807, 2.05) is 0 Å². The van der Waals surface area contributed by atoms with Gasteiger partial charge in [-0.3, -0.25) is 4.79 Å². The summed E-state index contributed by atoms with van der Waals surface area (Å²) in [5.41, 5.74) is 8.03. The molecule has 0 aromatic rings. The highest BCUT2D eigenvalue weighted by atomic mass is 16.1. The van der Waals surface area contributed by atoms with Gasteiger partial charge in [0.2, 0.25) is 5.91 Å².